The number of nitrogen functional groups attached to an aromatic ring is 1. The summed E-state index contributed by atoms with van der Waals surface area (Å²) in [4.78, 5) is 0.861. The van der Waals surface area contributed by atoms with Crippen LogP contribution in [0.4, 0.5) is 5.69 Å². The number of nitrogens with two attached hydrogens (primary N) is 1. The lowest BCUT2D eigenvalue weighted by atomic mass is 10.2. The molecule has 3 nitrogen and oxygen atoms in total. The van der Waals surface area contributed by atoms with E-state index in [0.717, 1.165) is 21.8 Å². The van der Waals surface area contributed by atoms with Gasteiger partial charge in [0.2, 0.25) is 0 Å². The molecule has 106 valence electrons. The van der Waals surface area contributed by atoms with Gasteiger partial charge in [-0.25, -0.2) is 0 Å². The molecule has 2 aromatic rings. The molecule has 20 heavy (non-hydrogen) atoms. The standard InChI is InChI=1S/C16H19NO2S/c1-11-4-7-16(12(2)8-11)20(18)10-13-9-14(17)5-6-15(13)19-3/h4-9H,10,17H2,1-3H3. The monoisotopic (exact) mass is 289 g/mol. The average Bonchev–Trinajstić information content (AvgIpc) is 2.38. The minimum absolute atomic E-state index is 0.401. The molecule has 0 fully saturated rings. The van der Waals surface area contributed by atoms with Gasteiger partial charge in [0.25, 0.3) is 0 Å². The number of aryl methyl sites for hydroxylation is 2. The van der Waals surface area contributed by atoms with Crippen LogP contribution in [0.15, 0.2) is 41.3 Å². The van der Waals surface area contributed by atoms with Crippen molar-refractivity contribution >= 4 is 16.5 Å². The Morgan fingerprint density at radius 2 is 1.90 bits per heavy atom. The zero-order valence-corrected chi connectivity index (χ0v) is 12.8. The van der Waals surface area contributed by atoms with Crippen LogP contribution in [0.1, 0.15) is 16.7 Å². The van der Waals surface area contributed by atoms with Crippen molar-refractivity contribution in [1.82, 2.24) is 0 Å². The number of hydrogen-bond donors (Lipinski definition) is 1. The van der Waals surface area contributed by atoms with Gasteiger partial charge in [0.05, 0.1) is 23.7 Å². The summed E-state index contributed by atoms with van der Waals surface area (Å²) in [5.41, 5.74) is 9.53. The molecule has 0 heterocycles. The Balaban J connectivity index is 2.30. The minimum atomic E-state index is -1.11. The van der Waals surface area contributed by atoms with Gasteiger partial charge in [-0.1, -0.05) is 17.7 Å². The number of methoxy groups -OCH3 is 1. The lowest BCUT2D eigenvalue weighted by Gasteiger charge is -2.11. The first kappa shape index (κ1) is 14.6. The second kappa shape index (κ2) is 6.09. The van der Waals surface area contributed by atoms with Gasteiger partial charge in [0.1, 0.15) is 5.75 Å². The van der Waals surface area contributed by atoms with Gasteiger partial charge >= 0.3 is 0 Å². The third kappa shape index (κ3) is 3.20. The molecule has 1 unspecified atom stereocenters. The molecular weight excluding hydrogens is 270 g/mol. The number of anilines is 1. The molecule has 1 atom stereocenters. The van der Waals surface area contributed by atoms with Gasteiger partial charge < -0.3 is 10.5 Å². The molecule has 0 aliphatic heterocycles. The first-order valence-corrected chi connectivity index (χ1v) is 7.71. The number of rotatable bonds is 4. The fourth-order valence-corrected chi connectivity index (χ4v) is 3.49. The Bertz CT molecular complexity index is 653. The molecule has 0 spiro atoms. The molecule has 0 aromatic heterocycles. The lowest BCUT2D eigenvalue weighted by Crippen LogP contribution is -2.02. The SMILES string of the molecule is COc1ccc(N)cc1CS(=O)c1ccc(C)cc1C. The number of benzene rings is 2. The van der Waals surface area contributed by atoms with Crippen LogP contribution in [0.5, 0.6) is 5.75 Å². The third-order valence-corrected chi connectivity index (χ3v) is 4.69. The summed E-state index contributed by atoms with van der Waals surface area (Å²) in [5.74, 6) is 1.12. The molecule has 0 amide bonds. The zero-order valence-electron chi connectivity index (χ0n) is 12.0. The van der Waals surface area contributed by atoms with E-state index < -0.39 is 10.8 Å². The van der Waals surface area contributed by atoms with Crippen molar-refractivity contribution in [2.24, 2.45) is 0 Å². The van der Waals surface area contributed by atoms with Crippen molar-refractivity contribution in [2.75, 3.05) is 12.8 Å². The van der Waals surface area contributed by atoms with Crippen molar-refractivity contribution in [3.05, 3.63) is 53.1 Å². The zero-order chi connectivity index (χ0) is 14.7. The summed E-state index contributed by atoms with van der Waals surface area (Å²) in [6.07, 6.45) is 0. The Hall–Kier alpha value is -1.81. The van der Waals surface area contributed by atoms with E-state index in [1.807, 2.05) is 44.2 Å². The van der Waals surface area contributed by atoms with E-state index in [1.54, 1.807) is 13.2 Å². The van der Waals surface area contributed by atoms with Crippen molar-refractivity contribution < 1.29 is 8.95 Å². The molecule has 0 saturated heterocycles. The highest BCUT2D eigenvalue weighted by atomic mass is 32.2. The van der Waals surface area contributed by atoms with E-state index in [1.165, 1.54) is 5.56 Å². The van der Waals surface area contributed by atoms with E-state index in [0.29, 0.717) is 11.4 Å². The van der Waals surface area contributed by atoms with Crippen molar-refractivity contribution in [3.8, 4) is 5.75 Å². The fourth-order valence-electron chi connectivity index (χ4n) is 2.19. The third-order valence-electron chi connectivity index (χ3n) is 3.17. The van der Waals surface area contributed by atoms with E-state index in [9.17, 15) is 4.21 Å². The molecule has 2 aromatic carbocycles. The predicted molar refractivity (Wildman–Crippen MR) is 83.4 cm³/mol. The number of ether oxygens (including phenoxy) is 1. The summed E-state index contributed by atoms with van der Waals surface area (Å²) in [6, 6.07) is 11.4. The summed E-state index contributed by atoms with van der Waals surface area (Å²) in [7, 11) is 0.496. The highest BCUT2D eigenvalue weighted by Crippen LogP contribution is 2.25. The second-order valence-electron chi connectivity index (χ2n) is 4.83. The van der Waals surface area contributed by atoms with Gasteiger partial charge in [-0.3, -0.25) is 4.21 Å². The van der Waals surface area contributed by atoms with Crippen LogP contribution in [0.25, 0.3) is 0 Å². The molecule has 0 aliphatic rings. The van der Waals surface area contributed by atoms with Crippen molar-refractivity contribution in [1.29, 1.82) is 0 Å². The Morgan fingerprint density at radius 1 is 1.15 bits per heavy atom. The lowest BCUT2D eigenvalue weighted by molar-refractivity contribution is 0.411. The van der Waals surface area contributed by atoms with Gasteiger partial charge in [-0.2, -0.15) is 0 Å². The van der Waals surface area contributed by atoms with Crippen molar-refractivity contribution in [3.63, 3.8) is 0 Å². The predicted octanol–water partition coefficient (Wildman–Crippen LogP) is 3.20. The van der Waals surface area contributed by atoms with Gasteiger partial charge in [0.15, 0.2) is 0 Å². The smallest absolute Gasteiger partial charge is 0.123 e. The minimum Gasteiger partial charge on any atom is -0.496 e. The molecule has 0 saturated carbocycles. The van der Waals surface area contributed by atoms with Crippen LogP contribution in [0.3, 0.4) is 0 Å². The largest absolute Gasteiger partial charge is 0.496 e. The first-order chi connectivity index (χ1) is 9.51. The summed E-state index contributed by atoms with van der Waals surface area (Å²) < 4.78 is 17.8. The maximum Gasteiger partial charge on any atom is 0.123 e. The highest BCUT2D eigenvalue weighted by Gasteiger charge is 2.12. The fraction of sp³-hybridized carbons (Fsp3) is 0.250. The van der Waals surface area contributed by atoms with Crippen LogP contribution < -0.4 is 10.5 Å². The van der Waals surface area contributed by atoms with Crippen LogP contribution >= 0.6 is 0 Å². The van der Waals surface area contributed by atoms with Crippen LogP contribution in [-0.2, 0) is 16.6 Å². The van der Waals surface area contributed by atoms with E-state index in [2.05, 4.69) is 0 Å². The van der Waals surface area contributed by atoms with Crippen molar-refractivity contribution in [2.45, 2.75) is 24.5 Å². The number of hydrogen-bond acceptors (Lipinski definition) is 3. The maximum absolute atomic E-state index is 12.5. The summed E-state index contributed by atoms with van der Waals surface area (Å²) in [6.45, 7) is 4.01. The van der Waals surface area contributed by atoms with Crippen LogP contribution in [0, 0.1) is 13.8 Å². The molecule has 0 bridgehead atoms. The van der Waals surface area contributed by atoms with Crippen LogP contribution in [-0.4, -0.2) is 11.3 Å². The maximum atomic E-state index is 12.5. The molecular formula is C16H19NO2S. The topological polar surface area (TPSA) is 52.3 Å². The summed E-state index contributed by atoms with van der Waals surface area (Å²) in [5, 5.41) is 0. The molecule has 2 rings (SSSR count). The molecule has 2 N–H and O–H groups in total. The van der Waals surface area contributed by atoms with Gasteiger partial charge in [-0.15, -0.1) is 0 Å². The van der Waals surface area contributed by atoms with E-state index >= 15 is 0 Å². The Morgan fingerprint density at radius 3 is 2.55 bits per heavy atom. The summed E-state index contributed by atoms with van der Waals surface area (Å²) >= 11 is 0. The average molecular weight is 289 g/mol. The Kier molecular flexibility index (Phi) is 4.45. The van der Waals surface area contributed by atoms with E-state index in [-0.39, 0.29) is 0 Å². The molecule has 0 radical (unpaired) electrons. The first-order valence-electron chi connectivity index (χ1n) is 6.39. The van der Waals surface area contributed by atoms with Crippen LogP contribution in [0.2, 0.25) is 0 Å². The quantitative estimate of drug-likeness (QED) is 0.879. The van der Waals surface area contributed by atoms with Gasteiger partial charge in [0, 0.05) is 16.1 Å². The van der Waals surface area contributed by atoms with E-state index in [4.69, 9.17) is 10.5 Å². The second-order valence-corrected chi connectivity index (χ2v) is 6.25. The van der Waals surface area contributed by atoms with Gasteiger partial charge in [-0.05, 0) is 43.7 Å². The molecule has 4 heteroatoms. The molecule has 0 aliphatic carbocycles. The Labute approximate surface area is 122 Å². The highest BCUT2D eigenvalue weighted by molar-refractivity contribution is 7.84. The normalized spacial score (nSPS) is 12.2.